The molecule has 0 aliphatic carbocycles. The van der Waals surface area contributed by atoms with Gasteiger partial charge < -0.3 is 5.73 Å². The zero-order valence-electron chi connectivity index (χ0n) is 11.6. The molecule has 0 fully saturated rings. The normalized spacial score (nSPS) is 14.1. The number of nitrogens with zero attached hydrogens (tertiary/aromatic N) is 1. The van der Waals surface area contributed by atoms with Gasteiger partial charge in [0.15, 0.2) is 0 Å². The van der Waals surface area contributed by atoms with Gasteiger partial charge in [0.05, 0.1) is 0 Å². The zero-order chi connectivity index (χ0) is 12.6. The van der Waals surface area contributed by atoms with Crippen molar-refractivity contribution in [2.24, 2.45) is 11.1 Å². The van der Waals surface area contributed by atoms with E-state index in [1.165, 1.54) is 6.42 Å². The van der Waals surface area contributed by atoms with Crippen LogP contribution in [0.5, 0.6) is 0 Å². The second-order valence-corrected chi connectivity index (χ2v) is 5.90. The summed E-state index contributed by atoms with van der Waals surface area (Å²) in [6, 6.07) is 0.323. The Labute approximate surface area is 102 Å². The van der Waals surface area contributed by atoms with Crippen LogP contribution in [0.4, 0.5) is 0 Å². The fourth-order valence-electron chi connectivity index (χ4n) is 2.03. The van der Waals surface area contributed by atoms with E-state index >= 15 is 0 Å². The molecule has 0 spiro atoms. The van der Waals surface area contributed by atoms with Gasteiger partial charge in [-0.05, 0) is 37.8 Å². The molecule has 2 N–H and O–H groups in total. The van der Waals surface area contributed by atoms with Gasteiger partial charge in [-0.25, -0.2) is 0 Å². The van der Waals surface area contributed by atoms with Crippen LogP contribution in [-0.4, -0.2) is 30.6 Å². The molecule has 0 bridgehead atoms. The monoisotopic (exact) mass is 226 g/mol. The van der Waals surface area contributed by atoms with Crippen LogP contribution in [-0.2, 0) is 0 Å². The summed E-state index contributed by atoms with van der Waals surface area (Å²) in [4.78, 5) is 2.43. The largest absolute Gasteiger partial charge is 0.328 e. The standard InChI is InChI=1S/C14H30N2/c1-6-9-16(10-7-2)11-8-13(15)12-14(3,4)5/h6,13H,1,7-12,15H2,2-5H3. The van der Waals surface area contributed by atoms with Crippen molar-refractivity contribution >= 4 is 0 Å². The summed E-state index contributed by atoms with van der Waals surface area (Å²) < 4.78 is 0. The summed E-state index contributed by atoms with van der Waals surface area (Å²) in [6.45, 7) is 16.0. The van der Waals surface area contributed by atoms with Crippen molar-refractivity contribution in [3.05, 3.63) is 12.7 Å². The van der Waals surface area contributed by atoms with Gasteiger partial charge in [0.1, 0.15) is 0 Å². The fraction of sp³-hybridized carbons (Fsp3) is 0.857. The minimum absolute atomic E-state index is 0.323. The lowest BCUT2D eigenvalue weighted by Crippen LogP contribution is -2.33. The Kier molecular flexibility index (Phi) is 7.69. The first-order valence-electron chi connectivity index (χ1n) is 6.48. The average molecular weight is 226 g/mol. The van der Waals surface area contributed by atoms with Crippen LogP contribution in [0.25, 0.3) is 0 Å². The highest BCUT2D eigenvalue weighted by Gasteiger charge is 2.16. The number of hydrogen-bond acceptors (Lipinski definition) is 2. The molecule has 0 radical (unpaired) electrons. The molecule has 2 heteroatoms. The van der Waals surface area contributed by atoms with E-state index in [0.717, 1.165) is 32.5 Å². The van der Waals surface area contributed by atoms with E-state index in [1.54, 1.807) is 0 Å². The summed E-state index contributed by atoms with van der Waals surface area (Å²) in [6.07, 6.45) is 5.36. The van der Waals surface area contributed by atoms with Gasteiger partial charge >= 0.3 is 0 Å². The van der Waals surface area contributed by atoms with E-state index < -0.39 is 0 Å². The lowest BCUT2D eigenvalue weighted by molar-refractivity contribution is 0.265. The van der Waals surface area contributed by atoms with Gasteiger partial charge in [-0.3, -0.25) is 4.90 Å². The molecule has 0 aromatic carbocycles. The van der Waals surface area contributed by atoms with Gasteiger partial charge in [0.25, 0.3) is 0 Å². The molecular weight excluding hydrogens is 196 g/mol. The summed E-state index contributed by atoms with van der Waals surface area (Å²) >= 11 is 0. The Balaban J connectivity index is 3.85. The third-order valence-electron chi connectivity index (χ3n) is 2.62. The Morgan fingerprint density at radius 3 is 2.38 bits per heavy atom. The predicted molar refractivity (Wildman–Crippen MR) is 73.6 cm³/mol. The molecule has 0 aromatic rings. The van der Waals surface area contributed by atoms with Crippen LogP contribution in [0.1, 0.15) is 47.0 Å². The maximum Gasteiger partial charge on any atom is 0.0160 e. The van der Waals surface area contributed by atoms with Crippen molar-refractivity contribution < 1.29 is 0 Å². The molecule has 0 rings (SSSR count). The van der Waals surface area contributed by atoms with Crippen LogP contribution in [0, 0.1) is 5.41 Å². The van der Waals surface area contributed by atoms with Crippen molar-refractivity contribution in [1.29, 1.82) is 0 Å². The van der Waals surface area contributed by atoms with E-state index in [4.69, 9.17) is 5.73 Å². The maximum absolute atomic E-state index is 6.15. The first kappa shape index (κ1) is 15.7. The molecule has 1 atom stereocenters. The summed E-state index contributed by atoms with van der Waals surface area (Å²) in [7, 11) is 0. The topological polar surface area (TPSA) is 29.3 Å². The summed E-state index contributed by atoms with van der Waals surface area (Å²) in [5.41, 5.74) is 6.49. The molecule has 1 unspecified atom stereocenters. The smallest absolute Gasteiger partial charge is 0.0160 e. The zero-order valence-corrected chi connectivity index (χ0v) is 11.6. The van der Waals surface area contributed by atoms with Crippen molar-refractivity contribution in [3.63, 3.8) is 0 Å². The van der Waals surface area contributed by atoms with Crippen LogP contribution >= 0.6 is 0 Å². The van der Waals surface area contributed by atoms with E-state index in [2.05, 4.69) is 39.2 Å². The van der Waals surface area contributed by atoms with E-state index in [1.807, 2.05) is 6.08 Å². The first-order chi connectivity index (χ1) is 7.39. The van der Waals surface area contributed by atoms with Gasteiger partial charge in [0, 0.05) is 12.6 Å². The number of nitrogens with two attached hydrogens (primary N) is 1. The molecule has 0 heterocycles. The molecule has 2 nitrogen and oxygen atoms in total. The molecular formula is C14H30N2. The molecule has 0 aliphatic heterocycles. The van der Waals surface area contributed by atoms with Crippen molar-refractivity contribution in [1.82, 2.24) is 4.90 Å². The maximum atomic E-state index is 6.15. The molecule has 96 valence electrons. The van der Waals surface area contributed by atoms with E-state index in [0.29, 0.717) is 11.5 Å². The SMILES string of the molecule is C=CCN(CCC)CCC(N)CC(C)(C)C. The Hall–Kier alpha value is -0.340. The van der Waals surface area contributed by atoms with E-state index in [9.17, 15) is 0 Å². The third kappa shape index (κ3) is 8.93. The van der Waals surface area contributed by atoms with Crippen molar-refractivity contribution in [2.45, 2.75) is 53.0 Å². The highest BCUT2D eigenvalue weighted by atomic mass is 15.1. The van der Waals surface area contributed by atoms with Crippen molar-refractivity contribution in [2.75, 3.05) is 19.6 Å². The first-order valence-corrected chi connectivity index (χ1v) is 6.48. The highest BCUT2D eigenvalue weighted by molar-refractivity contribution is 4.76. The molecule has 0 saturated heterocycles. The molecule has 0 saturated carbocycles. The molecule has 0 aromatic heterocycles. The Morgan fingerprint density at radius 1 is 1.31 bits per heavy atom. The van der Waals surface area contributed by atoms with Gasteiger partial charge in [-0.1, -0.05) is 33.8 Å². The van der Waals surface area contributed by atoms with Crippen LogP contribution in [0.2, 0.25) is 0 Å². The lowest BCUT2D eigenvalue weighted by atomic mass is 9.87. The predicted octanol–water partition coefficient (Wildman–Crippen LogP) is 3.04. The minimum atomic E-state index is 0.323. The molecule has 0 amide bonds. The van der Waals surface area contributed by atoms with Crippen LogP contribution in [0.15, 0.2) is 12.7 Å². The molecule has 0 aliphatic rings. The van der Waals surface area contributed by atoms with Crippen LogP contribution < -0.4 is 5.73 Å². The summed E-state index contributed by atoms with van der Waals surface area (Å²) in [5, 5.41) is 0. The van der Waals surface area contributed by atoms with Gasteiger partial charge in [-0.2, -0.15) is 0 Å². The third-order valence-corrected chi connectivity index (χ3v) is 2.62. The Bertz CT molecular complexity index is 182. The van der Waals surface area contributed by atoms with E-state index in [-0.39, 0.29) is 0 Å². The quantitative estimate of drug-likeness (QED) is 0.645. The van der Waals surface area contributed by atoms with Gasteiger partial charge in [0.2, 0.25) is 0 Å². The van der Waals surface area contributed by atoms with Crippen LogP contribution in [0.3, 0.4) is 0 Å². The minimum Gasteiger partial charge on any atom is -0.328 e. The lowest BCUT2D eigenvalue weighted by Gasteiger charge is -2.26. The van der Waals surface area contributed by atoms with Gasteiger partial charge in [-0.15, -0.1) is 6.58 Å². The summed E-state index contributed by atoms with van der Waals surface area (Å²) in [5.74, 6) is 0. The second-order valence-electron chi connectivity index (χ2n) is 5.90. The fourth-order valence-corrected chi connectivity index (χ4v) is 2.03. The molecule has 16 heavy (non-hydrogen) atoms. The highest BCUT2D eigenvalue weighted by Crippen LogP contribution is 2.21. The number of hydrogen-bond donors (Lipinski definition) is 1. The number of rotatable bonds is 8. The second kappa shape index (κ2) is 7.86. The Morgan fingerprint density at radius 2 is 1.94 bits per heavy atom. The van der Waals surface area contributed by atoms with Crippen molar-refractivity contribution in [3.8, 4) is 0 Å². The average Bonchev–Trinajstić information content (AvgIpc) is 2.12.